The van der Waals surface area contributed by atoms with Crippen molar-refractivity contribution in [3.8, 4) is 17.1 Å². The molecule has 0 spiro atoms. The van der Waals surface area contributed by atoms with E-state index in [-0.39, 0.29) is 0 Å². The second-order valence-corrected chi connectivity index (χ2v) is 5.80. The molecule has 5 heteroatoms. The van der Waals surface area contributed by atoms with Crippen LogP contribution in [-0.2, 0) is 12.8 Å². The Hall–Kier alpha value is -2.04. The predicted octanol–water partition coefficient (Wildman–Crippen LogP) is 3.47. The zero-order chi connectivity index (χ0) is 14.9. The largest absolute Gasteiger partial charge is 0.463 e. The van der Waals surface area contributed by atoms with Crippen LogP contribution in [-0.4, -0.2) is 22.9 Å². The number of nitrogens with zero attached hydrogens (tertiary/aromatic N) is 2. The molecule has 0 fully saturated rings. The molecule has 1 aliphatic heterocycles. The SMILES string of the molecule is Clc1ccc2c(c1-n1nccc1-c1ccco1)CCNCC2. The number of hydrogen-bond donors (Lipinski definition) is 1. The van der Waals surface area contributed by atoms with Crippen LogP contribution in [0.15, 0.2) is 47.2 Å². The van der Waals surface area contributed by atoms with Gasteiger partial charge < -0.3 is 9.73 Å². The van der Waals surface area contributed by atoms with Gasteiger partial charge in [0, 0.05) is 0 Å². The summed E-state index contributed by atoms with van der Waals surface area (Å²) in [5.74, 6) is 0.790. The smallest absolute Gasteiger partial charge is 0.152 e. The van der Waals surface area contributed by atoms with Crippen LogP contribution >= 0.6 is 11.6 Å². The van der Waals surface area contributed by atoms with Crippen molar-refractivity contribution in [3.05, 3.63) is 58.9 Å². The molecule has 0 saturated carbocycles. The lowest BCUT2D eigenvalue weighted by atomic mass is 10.0. The number of rotatable bonds is 2. The molecule has 4 rings (SSSR count). The molecule has 3 heterocycles. The van der Waals surface area contributed by atoms with Crippen LogP contribution in [0.4, 0.5) is 0 Å². The molecule has 1 N–H and O–H groups in total. The lowest BCUT2D eigenvalue weighted by molar-refractivity contribution is 0.576. The molecular formula is C17H16ClN3O. The number of halogens is 1. The van der Waals surface area contributed by atoms with Gasteiger partial charge in [-0.05, 0) is 61.3 Å². The summed E-state index contributed by atoms with van der Waals surface area (Å²) >= 11 is 6.53. The number of fused-ring (bicyclic) bond motifs is 1. The van der Waals surface area contributed by atoms with E-state index in [1.165, 1.54) is 11.1 Å². The Morgan fingerprint density at radius 3 is 2.91 bits per heavy atom. The fourth-order valence-electron chi connectivity index (χ4n) is 3.05. The van der Waals surface area contributed by atoms with Crippen LogP contribution in [0.25, 0.3) is 17.1 Å². The van der Waals surface area contributed by atoms with E-state index in [4.69, 9.17) is 16.0 Å². The summed E-state index contributed by atoms with van der Waals surface area (Å²) in [7, 11) is 0. The van der Waals surface area contributed by atoms with Crippen molar-refractivity contribution >= 4 is 11.6 Å². The van der Waals surface area contributed by atoms with Gasteiger partial charge in [0.1, 0.15) is 5.69 Å². The van der Waals surface area contributed by atoms with Gasteiger partial charge in [-0.25, -0.2) is 4.68 Å². The van der Waals surface area contributed by atoms with E-state index in [9.17, 15) is 0 Å². The molecule has 0 atom stereocenters. The molecule has 0 saturated heterocycles. The molecule has 0 unspecified atom stereocenters. The first-order chi connectivity index (χ1) is 10.8. The maximum Gasteiger partial charge on any atom is 0.152 e. The summed E-state index contributed by atoms with van der Waals surface area (Å²) in [6.45, 7) is 1.95. The molecule has 4 nitrogen and oxygen atoms in total. The van der Waals surface area contributed by atoms with Gasteiger partial charge in [0.05, 0.1) is 23.2 Å². The third-order valence-corrected chi connectivity index (χ3v) is 4.39. The number of nitrogens with one attached hydrogen (secondary N) is 1. The van der Waals surface area contributed by atoms with E-state index in [0.29, 0.717) is 0 Å². The molecule has 2 aromatic heterocycles. The molecule has 1 aliphatic rings. The van der Waals surface area contributed by atoms with Crippen LogP contribution in [0.5, 0.6) is 0 Å². The van der Waals surface area contributed by atoms with Crippen molar-refractivity contribution in [2.24, 2.45) is 0 Å². The highest BCUT2D eigenvalue weighted by molar-refractivity contribution is 6.32. The maximum atomic E-state index is 6.53. The minimum atomic E-state index is 0.720. The Labute approximate surface area is 133 Å². The molecule has 0 bridgehead atoms. The highest BCUT2D eigenvalue weighted by Gasteiger charge is 2.19. The number of hydrogen-bond acceptors (Lipinski definition) is 3. The molecular weight excluding hydrogens is 298 g/mol. The van der Waals surface area contributed by atoms with Gasteiger partial charge in [0.2, 0.25) is 0 Å². The molecule has 22 heavy (non-hydrogen) atoms. The Kier molecular flexibility index (Phi) is 3.48. The standard InChI is InChI=1S/C17H16ClN3O/c18-14-4-3-12-5-8-19-9-6-13(12)17(14)21-15(7-10-20-21)16-2-1-11-22-16/h1-4,7,10-11,19H,5-6,8-9H2. The van der Waals surface area contributed by atoms with Crippen molar-refractivity contribution in [1.82, 2.24) is 15.1 Å². The normalized spacial score (nSPS) is 14.6. The first-order valence-corrected chi connectivity index (χ1v) is 7.81. The summed E-state index contributed by atoms with van der Waals surface area (Å²) in [6.07, 6.45) is 5.41. The molecule has 0 radical (unpaired) electrons. The molecule has 112 valence electrons. The van der Waals surface area contributed by atoms with Gasteiger partial charge in [0.25, 0.3) is 0 Å². The third kappa shape index (κ3) is 2.25. The van der Waals surface area contributed by atoms with E-state index >= 15 is 0 Å². The first-order valence-electron chi connectivity index (χ1n) is 7.44. The van der Waals surface area contributed by atoms with Gasteiger partial charge in [-0.1, -0.05) is 17.7 Å². The lowest BCUT2D eigenvalue weighted by Gasteiger charge is -2.16. The molecule has 0 amide bonds. The van der Waals surface area contributed by atoms with Crippen LogP contribution in [0.2, 0.25) is 5.02 Å². The zero-order valence-corrected chi connectivity index (χ0v) is 12.8. The van der Waals surface area contributed by atoms with Gasteiger partial charge in [0.15, 0.2) is 5.76 Å². The van der Waals surface area contributed by atoms with Gasteiger partial charge in [-0.3, -0.25) is 0 Å². The van der Waals surface area contributed by atoms with Crippen molar-refractivity contribution in [2.75, 3.05) is 13.1 Å². The second kappa shape index (κ2) is 5.63. The van der Waals surface area contributed by atoms with Crippen molar-refractivity contribution < 1.29 is 4.42 Å². The minimum absolute atomic E-state index is 0.720. The van der Waals surface area contributed by atoms with Crippen molar-refractivity contribution in [1.29, 1.82) is 0 Å². The summed E-state index contributed by atoms with van der Waals surface area (Å²) < 4.78 is 7.43. The van der Waals surface area contributed by atoms with E-state index in [1.54, 1.807) is 12.5 Å². The van der Waals surface area contributed by atoms with Gasteiger partial charge in [-0.2, -0.15) is 5.10 Å². The summed E-state index contributed by atoms with van der Waals surface area (Å²) in [6, 6.07) is 9.86. The fourth-order valence-corrected chi connectivity index (χ4v) is 3.30. The number of benzene rings is 1. The predicted molar refractivity (Wildman–Crippen MR) is 86.6 cm³/mol. The number of furan rings is 1. The summed E-state index contributed by atoms with van der Waals surface area (Å²) in [4.78, 5) is 0. The number of aromatic nitrogens is 2. The summed E-state index contributed by atoms with van der Waals surface area (Å²) in [5.41, 5.74) is 4.50. The van der Waals surface area contributed by atoms with Gasteiger partial charge >= 0.3 is 0 Å². The minimum Gasteiger partial charge on any atom is -0.463 e. The maximum absolute atomic E-state index is 6.53. The van der Waals surface area contributed by atoms with Crippen molar-refractivity contribution in [3.63, 3.8) is 0 Å². The monoisotopic (exact) mass is 313 g/mol. The topological polar surface area (TPSA) is 43.0 Å². The average Bonchev–Trinajstić information content (AvgIpc) is 3.14. The van der Waals surface area contributed by atoms with Gasteiger partial charge in [-0.15, -0.1) is 0 Å². The van der Waals surface area contributed by atoms with Crippen LogP contribution < -0.4 is 5.32 Å². The second-order valence-electron chi connectivity index (χ2n) is 5.39. The Bertz CT molecular complexity index is 792. The van der Waals surface area contributed by atoms with E-state index in [1.807, 2.05) is 28.9 Å². The van der Waals surface area contributed by atoms with E-state index in [2.05, 4.69) is 16.5 Å². The van der Waals surface area contributed by atoms with Crippen molar-refractivity contribution in [2.45, 2.75) is 12.8 Å². The van der Waals surface area contributed by atoms with E-state index in [0.717, 1.165) is 48.1 Å². The fraction of sp³-hybridized carbons (Fsp3) is 0.235. The quantitative estimate of drug-likeness (QED) is 0.787. The lowest BCUT2D eigenvalue weighted by Crippen LogP contribution is -2.16. The zero-order valence-electron chi connectivity index (χ0n) is 12.1. The highest BCUT2D eigenvalue weighted by atomic mass is 35.5. The highest BCUT2D eigenvalue weighted by Crippen LogP contribution is 2.32. The first kappa shape index (κ1) is 13.6. The Morgan fingerprint density at radius 1 is 1.14 bits per heavy atom. The van der Waals surface area contributed by atoms with Crippen LogP contribution in [0, 0.1) is 0 Å². The van der Waals surface area contributed by atoms with Crippen LogP contribution in [0.3, 0.4) is 0 Å². The average molecular weight is 314 g/mol. The van der Waals surface area contributed by atoms with E-state index < -0.39 is 0 Å². The Balaban J connectivity index is 1.92. The Morgan fingerprint density at radius 2 is 2.05 bits per heavy atom. The molecule has 1 aromatic carbocycles. The third-order valence-electron chi connectivity index (χ3n) is 4.08. The summed E-state index contributed by atoms with van der Waals surface area (Å²) in [5, 5.41) is 8.65. The van der Waals surface area contributed by atoms with Crippen LogP contribution in [0.1, 0.15) is 11.1 Å². The molecule has 3 aromatic rings. The molecule has 0 aliphatic carbocycles.